The summed E-state index contributed by atoms with van der Waals surface area (Å²) < 4.78 is 7.19. The number of methoxy groups -OCH3 is 1. The van der Waals surface area contributed by atoms with Gasteiger partial charge in [-0.15, -0.1) is 0 Å². The van der Waals surface area contributed by atoms with Crippen LogP contribution in [0.15, 0.2) is 58.4 Å². The molecule has 7 nitrogen and oxygen atoms in total. The van der Waals surface area contributed by atoms with Crippen LogP contribution in [0.4, 0.5) is 5.82 Å². The Morgan fingerprint density at radius 3 is 2.61 bits per heavy atom. The standard InChI is InChI=1S/C24H22N4O3S2/c1-31-17-9-7-16(8-10-17)15-28-23(30)19(33-24(28)32)14-18-21(26-11-4-5-12-26)25-20-6-2-3-13-27(20)22(18)29/h2-3,6-10,13-14H,4-5,11-12,15H2,1H3/b19-14-. The van der Waals surface area contributed by atoms with E-state index in [0.29, 0.717) is 32.8 Å². The van der Waals surface area contributed by atoms with Crippen molar-refractivity contribution in [2.75, 3.05) is 25.1 Å². The normalized spacial score (nSPS) is 17.5. The third-order valence-corrected chi connectivity index (χ3v) is 7.18. The Labute approximate surface area is 200 Å². The van der Waals surface area contributed by atoms with E-state index < -0.39 is 0 Å². The number of benzene rings is 1. The molecule has 0 atom stereocenters. The van der Waals surface area contributed by atoms with Gasteiger partial charge in [-0.25, -0.2) is 4.98 Å². The number of carbonyl (C=O) groups excluding carboxylic acids is 1. The SMILES string of the molecule is COc1ccc(CN2C(=O)/C(=C/c3c(N4CCCC4)nc4ccccn4c3=O)SC2=S)cc1. The van der Waals surface area contributed by atoms with E-state index in [1.165, 1.54) is 16.2 Å². The number of amides is 1. The highest BCUT2D eigenvalue weighted by molar-refractivity contribution is 8.26. The van der Waals surface area contributed by atoms with Gasteiger partial charge in [0.25, 0.3) is 11.5 Å². The molecule has 1 aromatic carbocycles. The lowest BCUT2D eigenvalue weighted by atomic mass is 10.2. The lowest BCUT2D eigenvalue weighted by Gasteiger charge is -2.19. The number of carbonyl (C=O) groups is 1. The van der Waals surface area contributed by atoms with Crippen LogP contribution in [0.1, 0.15) is 24.0 Å². The van der Waals surface area contributed by atoms with Gasteiger partial charge in [-0.05, 0) is 48.7 Å². The van der Waals surface area contributed by atoms with Crippen molar-refractivity contribution in [2.24, 2.45) is 0 Å². The zero-order chi connectivity index (χ0) is 22.9. The summed E-state index contributed by atoms with van der Waals surface area (Å²) in [7, 11) is 1.61. The van der Waals surface area contributed by atoms with E-state index in [0.717, 1.165) is 37.2 Å². The van der Waals surface area contributed by atoms with Crippen molar-refractivity contribution in [1.29, 1.82) is 0 Å². The largest absolute Gasteiger partial charge is 0.497 e. The van der Waals surface area contributed by atoms with Crippen LogP contribution in [0.3, 0.4) is 0 Å². The minimum Gasteiger partial charge on any atom is -0.497 e. The second-order valence-corrected chi connectivity index (χ2v) is 9.57. The number of nitrogens with zero attached hydrogens (tertiary/aromatic N) is 4. The number of anilines is 1. The van der Waals surface area contributed by atoms with Crippen LogP contribution in [-0.2, 0) is 11.3 Å². The predicted molar refractivity (Wildman–Crippen MR) is 135 cm³/mol. The summed E-state index contributed by atoms with van der Waals surface area (Å²) in [5, 5.41) is 0. The number of fused-ring (bicyclic) bond motifs is 1. The van der Waals surface area contributed by atoms with E-state index >= 15 is 0 Å². The molecule has 0 radical (unpaired) electrons. The van der Waals surface area contributed by atoms with Gasteiger partial charge in [0.15, 0.2) is 0 Å². The highest BCUT2D eigenvalue weighted by Crippen LogP contribution is 2.35. The monoisotopic (exact) mass is 478 g/mol. The molecule has 0 N–H and O–H groups in total. The zero-order valence-corrected chi connectivity index (χ0v) is 19.7. The second-order valence-electron chi connectivity index (χ2n) is 7.89. The molecule has 2 aromatic heterocycles. The summed E-state index contributed by atoms with van der Waals surface area (Å²) in [5.41, 5.74) is 1.76. The van der Waals surface area contributed by atoms with E-state index in [1.807, 2.05) is 36.4 Å². The molecule has 0 aliphatic carbocycles. The molecule has 168 valence electrons. The van der Waals surface area contributed by atoms with Crippen molar-refractivity contribution in [3.05, 3.63) is 75.0 Å². The van der Waals surface area contributed by atoms with Crippen molar-refractivity contribution in [2.45, 2.75) is 19.4 Å². The zero-order valence-electron chi connectivity index (χ0n) is 18.1. The molecule has 2 aliphatic rings. The van der Waals surface area contributed by atoms with E-state index in [9.17, 15) is 9.59 Å². The summed E-state index contributed by atoms with van der Waals surface area (Å²) in [6.45, 7) is 2.05. The predicted octanol–water partition coefficient (Wildman–Crippen LogP) is 3.70. The molecule has 2 fully saturated rings. The molecule has 5 rings (SSSR count). The highest BCUT2D eigenvalue weighted by atomic mass is 32.2. The molecule has 0 spiro atoms. The van der Waals surface area contributed by atoms with Crippen LogP contribution in [0.2, 0.25) is 0 Å². The summed E-state index contributed by atoms with van der Waals surface area (Å²) in [5.74, 6) is 1.18. The first-order valence-corrected chi connectivity index (χ1v) is 11.9. The number of hydrogen-bond acceptors (Lipinski definition) is 7. The maximum absolute atomic E-state index is 13.4. The van der Waals surface area contributed by atoms with E-state index in [-0.39, 0.29) is 11.5 Å². The number of hydrogen-bond donors (Lipinski definition) is 0. The third-order valence-electron chi connectivity index (χ3n) is 5.80. The topological polar surface area (TPSA) is 67.2 Å². The van der Waals surface area contributed by atoms with Crippen molar-refractivity contribution in [3.63, 3.8) is 0 Å². The van der Waals surface area contributed by atoms with Gasteiger partial charge in [-0.2, -0.15) is 0 Å². The molecule has 3 aromatic rings. The molecular weight excluding hydrogens is 456 g/mol. The molecule has 0 unspecified atom stereocenters. The second kappa shape index (κ2) is 8.99. The number of ether oxygens (including phenoxy) is 1. The molecule has 0 saturated carbocycles. The molecule has 2 aliphatic heterocycles. The number of pyridine rings is 1. The number of rotatable bonds is 5. The van der Waals surface area contributed by atoms with Gasteiger partial charge in [0.2, 0.25) is 0 Å². The summed E-state index contributed by atoms with van der Waals surface area (Å²) in [6, 6.07) is 13.0. The van der Waals surface area contributed by atoms with Gasteiger partial charge >= 0.3 is 0 Å². The average Bonchev–Trinajstić information content (AvgIpc) is 3.46. The Morgan fingerprint density at radius 1 is 1.12 bits per heavy atom. The fourth-order valence-corrected chi connectivity index (χ4v) is 5.31. The van der Waals surface area contributed by atoms with Crippen molar-refractivity contribution < 1.29 is 9.53 Å². The van der Waals surface area contributed by atoms with Crippen LogP contribution in [0, 0.1) is 0 Å². The van der Waals surface area contributed by atoms with Crippen molar-refractivity contribution >= 4 is 51.7 Å². The Kier molecular flexibility index (Phi) is 5.90. The molecular formula is C24H22N4O3S2. The third kappa shape index (κ3) is 4.14. The maximum atomic E-state index is 13.4. The van der Waals surface area contributed by atoms with Gasteiger partial charge in [0.1, 0.15) is 21.5 Å². The van der Waals surface area contributed by atoms with Crippen LogP contribution < -0.4 is 15.2 Å². The number of thiocarbonyl (C=S) groups is 1. The molecule has 2 saturated heterocycles. The van der Waals surface area contributed by atoms with E-state index in [1.54, 1.807) is 30.3 Å². The first kappa shape index (κ1) is 21.7. The number of thioether (sulfide) groups is 1. The van der Waals surface area contributed by atoms with Gasteiger partial charge in [-0.3, -0.25) is 18.9 Å². The summed E-state index contributed by atoms with van der Waals surface area (Å²) >= 11 is 6.72. The minimum atomic E-state index is -0.203. The van der Waals surface area contributed by atoms with Crippen molar-refractivity contribution in [1.82, 2.24) is 14.3 Å². The Balaban J connectivity index is 1.52. The first-order valence-electron chi connectivity index (χ1n) is 10.7. The van der Waals surface area contributed by atoms with Gasteiger partial charge < -0.3 is 9.64 Å². The van der Waals surface area contributed by atoms with Gasteiger partial charge in [0.05, 0.1) is 24.1 Å². The quantitative estimate of drug-likeness (QED) is 0.409. The van der Waals surface area contributed by atoms with Crippen molar-refractivity contribution in [3.8, 4) is 5.75 Å². The van der Waals surface area contributed by atoms with E-state index in [2.05, 4.69) is 4.90 Å². The summed E-state index contributed by atoms with van der Waals surface area (Å²) in [4.78, 5) is 35.5. The fraction of sp³-hybridized carbons (Fsp3) is 0.250. The van der Waals surface area contributed by atoms with Crippen LogP contribution in [0.5, 0.6) is 5.75 Å². The van der Waals surface area contributed by atoms with Crippen LogP contribution >= 0.6 is 24.0 Å². The fourth-order valence-electron chi connectivity index (χ4n) is 4.07. The van der Waals surface area contributed by atoms with Crippen LogP contribution in [-0.4, -0.2) is 44.7 Å². The first-order chi connectivity index (χ1) is 16.0. The Morgan fingerprint density at radius 2 is 1.88 bits per heavy atom. The minimum absolute atomic E-state index is 0.192. The molecule has 33 heavy (non-hydrogen) atoms. The molecule has 4 heterocycles. The molecule has 0 bridgehead atoms. The van der Waals surface area contributed by atoms with Gasteiger partial charge in [0, 0.05) is 19.3 Å². The lowest BCUT2D eigenvalue weighted by Crippen LogP contribution is -2.28. The number of aromatic nitrogens is 2. The van der Waals surface area contributed by atoms with Gasteiger partial charge in [-0.1, -0.05) is 42.2 Å². The molecule has 1 amide bonds. The maximum Gasteiger partial charge on any atom is 0.267 e. The van der Waals surface area contributed by atoms with Crippen LogP contribution in [0.25, 0.3) is 11.7 Å². The average molecular weight is 479 g/mol. The Hall–Kier alpha value is -3.17. The highest BCUT2D eigenvalue weighted by Gasteiger charge is 2.33. The molecule has 9 heteroatoms. The lowest BCUT2D eigenvalue weighted by molar-refractivity contribution is -0.122. The smallest absolute Gasteiger partial charge is 0.267 e. The Bertz CT molecular complexity index is 1330. The van der Waals surface area contributed by atoms with E-state index in [4.69, 9.17) is 21.9 Å². The summed E-state index contributed by atoms with van der Waals surface area (Å²) in [6.07, 6.45) is 5.47.